The van der Waals surface area contributed by atoms with Gasteiger partial charge in [0, 0.05) is 19.1 Å². The Bertz CT molecular complexity index is 484. The molecule has 0 saturated heterocycles. The van der Waals surface area contributed by atoms with Crippen LogP contribution in [0.3, 0.4) is 0 Å². The normalized spacial score (nSPS) is 12.3. The fourth-order valence-electron chi connectivity index (χ4n) is 1.84. The zero-order valence-electron chi connectivity index (χ0n) is 11.3. The van der Waals surface area contributed by atoms with Crippen molar-refractivity contribution < 1.29 is 8.42 Å². The largest absolute Gasteiger partial charge is 0.326 e. The first-order chi connectivity index (χ1) is 8.43. The van der Waals surface area contributed by atoms with Crippen LogP contribution in [-0.2, 0) is 16.6 Å². The van der Waals surface area contributed by atoms with Crippen LogP contribution in [0.2, 0.25) is 0 Å². The minimum atomic E-state index is -3.42. The summed E-state index contributed by atoms with van der Waals surface area (Å²) in [5.74, 6) is 0. The number of nitrogens with two attached hydrogens (primary N) is 1. The van der Waals surface area contributed by atoms with E-state index in [9.17, 15) is 8.42 Å². The van der Waals surface area contributed by atoms with Gasteiger partial charge in [-0.05, 0) is 38.0 Å². The first kappa shape index (κ1) is 15.1. The second-order valence-corrected chi connectivity index (χ2v) is 6.45. The lowest BCUT2D eigenvalue weighted by molar-refractivity contribution is 0.354. The van der Waals surface area contributed by atoms with Gasteiger partial charge in [0.15, 0.2) is 0 Å². The van der Waals surface area contributed by atoms with E-state index in [4.69, 9.17) is 5.73 Å². The third kappa shape index (κ3) is 3.31. The summed E-state index contributed by atoms with van der Waals surface area (Å²) in [5, 5.41) is 0. The molecule has 1 aromatic carbocycles. The van der Waals surface area contributed by atoms with Crippen molar-refractivity contribution in [2.45, 2.75) is 44.7 Å². The molecule has 0 radical (unpaired) electrons. The molecule has 1 aromatic rings. The molecule has 0 aliphatic rings. The van der Waals surface area contributed by atoms with Crippen molar-refractivity contribution in [3.63, 3.8) is 0 Å². The standard InChI is InChI=1S/C13H22N2O2S/c1-4-8-15(11(2)3)18(16,17)13-7-5-6-12(9-13)10-14/h5-7,9,11H,4,8,10,14H2,1-3H3. The first-order valence-corrected chi connectivity index (χ1v) is 7.68. The van der Waals surface area contributed by atoms with E-state index in [2.05, 4.69) is 0 Å². The molecule has 0 bridgehead atoms. The van der Waals surface area contributed by atoms with E-state index >= 15 is 0 Å². The molecule has 18 heavy (non-hydrogen) atoms. The fourth-order valence-corrected chi connectivity index (χ4v) is 3.64. The molecular formula is C13H22N2O2S. The minimum absolute atomic E-state index is 0.0449. The second kappa shape index (κ2) is 6.31. The summed E-state index contributed by atoms with van der Waals surface area (Å²) >= 11 is 0. The average Bonchev–Trinajstić information content (AvgIpc) is 2.35. The quantitative estimate of drug-likeness (QED) is 0.859. The Morgan fingerprint density at radius 3 is 2.50 bits per heavy atom. The van der Waals surface area contributed by atoms with Gasteiger partial charge >= 0.3 is 0 Å². The van der Waals surface area contributed by atoms with Crippen LogP contribution in [0.15, 0.2) is 29.2 Å². The van der Waals surface area contributed by atoms with Crippen LogP contribution in [0.4, 0.5) is 0 Å². The van der Waals surface area contributed by atoms with Gasteiger partial charge in [0.1, 0.15) is 0 Å². The molecular weight excluding hydrogens is 248 g/mol. The molecule has 0 unspecified atom stereocenters. The van der Waals surface area contributed by atoms with Gasteiger partial charge in [-0.2, -0.15) is 4.31 Å². The maximum Gasteiger partial charge on any atom is 0.243 e. The van der Waals surface area contributed by atoms with Gasteiger partial charge in [-0.1, -0.05) is 19.1 Å². The van der Waals surface area contributed by atoms with Crippen molar-refractivity contribution in [3.05, 3.63) is 29.8 Å². The predicted molar refractivity (Wildman–Crippen MR) is 73.7 cm³/mol. The van der Waals surface area contributed by atoms with Gasteiger partial charge in [-0.15, -0.1) is 0 Å². The molecule has 0 aliphatic carbocycles. The molecule has 0 heterocycles. The average molecular weight is 270 g/mol. The molecule has 102 valence electrons. The highest BCUT2D eigenvalue weighted by atomic mass is 32.2. The Morgan fingerprint density at radius 2 is 2.00 bits per heavy atom. The van der Waals surface area contributed by atoms with E-state index in [0.717, 1.165) is 12.0 Å². The van der Waals surface area contributed by atoms with Crippen LogP contribution in [0.1, 0.15) is 32.8 Å². The van der Waals surface area contributed by atoms with Crippen molar-refractivity contribution >= 4 is 10.0 Å². The van der Waals surface area contributed by atoms with Gasteiger partial charge in [0.05, 0.1) is 4.90 Å². The van der Waals surface area contributed by atoms with Gasteiger partial charge < -0.3 is 5.73 Å². The van der Waals surface area contributed by atoms with Crippen molar-refractivity contribution in [3.8, 4) is 0 Å². The van der Waals surface area contributed by atoms with Crippen LogP contribution in [0.5, 0.6) is 0 Å². The second-order valence-electron chi connectivity index (χ2n) is 4.56. The van der Waals surface area contributed by atoms with Gasteiger partial charge in [-0.3, -0.25) is 0 Å². The van der Waals surface area contributed by atoms with Crippen molar-refractivity contribution in [1.82, 2.24) is 4.31 Å². The van der Waals surface area contributed by atoms with Crippen molar-refractivity contribution in [2.24, 2.45) is 5.73 Å². The van der Waals surface area contributed by atoms with Crippen LogP contribution in [-0.4, -0.2) is 25.3 Å². The smallest absolute Gasteiger partial charge is 0.243 e. The van der Waals surface area contributed by atoms with E-state index in [1.165, 1.54) is 4.31 Å². The molecule has 0 fully saturated rings. The maximum absolute atomic E-state index is 12.5. The number of hydrogen-bond acceptors (Lipinski definition) is 3. The summed E-state index contributed by atoms with van der Waals surface area (Å²) < 4.78 is 26.6. The first-order valence-electron chi connectivity index (χ1n) is 6.24. The molecule has 5 heteroatoms. The highest BCUT2D eigenvalue weighted by Crippen LogP contribution is 2.19. The summed E-state index contributed by atoms with van der Waals surface area (Å²) in [6, 6.07) is 6.80. The SMILES string of the molecule is CCCN(C(C)C)S(=O)(=O)c1cccc(CN)c1. The van der Waals surface area contributed by atoms with E-state index in [0.29, 0.717) is 18.0 Å². The topological polar surface area (TPSA) is 63.4 Å². The van der Waals surface area contributed by atoms with Gasteiger partial charge in [0.25, 0.3) is 0 Å². The molecule has 0 saturated carbocycles. The Balaban J connectivity index is 3.17. The Hall–Kier alpha value is -0.910. The molecule has 0 amide bonds. The molecule has 2 N–H and O–H groups in total. The van der Waals surface area contributed by atoms with Crippen LogP contribution < -0.4 is 5.73 Å². The van der Waals surface area contributed by atoms with E-state index in [-0.39, 0.29) is 6.04 Å². The fraction of sp³-hybridized carbons (Fsp3) is 0.538. The van der Waals surface area contributed by atoms with Gasteiger partial charge in [0.2, 0.25) is 10.0 Å². The monoisotopic (exact) mass is 270 g/mol. The number of rotatable bonds is 6. The molecule has 1 rings (SSSR count). The summed E-state index contributed by atoms with van der Waals surface area (Å²) in [7, 11) is -3.42. The van der Waals surface area contributed by atoms with Crippen LogP contribution >= 0.6 is 0 Å². The summed E-state index contributed by atoms with van der Waals surface area (Å²) in [6.07, 6.45) is 0.800. The third-order valence-corrected chi connectivity index (χ3v) is 4.83. The molecule has 4 nitrogen and oxygen atoms in total. The highest BCUT2D eigenvalue weighted by molar-refractivity contribution is 7.89. The van der Waals surface area contributed by atoms with E-state index < -0.39 is 10.0 Å². The zero-order chi connectivity index (χ0) is 13.8. The van der Waals surface area contributed by atoms with E-state index in [1.807, 2.05) is 26.8 Å². The number of sulfonamides is 1. The van der Waals surface area contributed by atoms with Crippen molar-refractivity contribution in [1.29, 1.82) is 0 Å². The Morgan fingerprint density at radius 1 is 1.33 bits per heavy atom. The predicted octanol–water partition coefficient (Wildman–Crippen LogP) is 1.95. The lowest BCUT2D eigenvalue weighted by atomic mass is 10.2. The summed E-state index contributed by atoms with van der Waals surface area (Å²) in [5.41, 5.74) is 6.38. The lowest BCUT2D eigenvalue weighted by Crippen LogP contribution is -2.37. The molecule has 0 aromatic heterocycles. The molecule has 0 spiro atoms. The Kier molecular flexibility index (Phi) is 5.31. The van der Waals surface area contributed by atoms with Crippen LogP contribution in [0, 0.1) is 0 Å². The molecule has 0 aliphatic heterocycles. The lowest BCUT2D eigenvalue weighted by Gasteiger charge is -2.25. The Labute approximate surface area is 110 Å². The summed E-state index contributed by atoms with van der Waals surface area (Å²) in [6.45, 7) is 6.63. The highest BCUT2D eigenvalue weighted by Gasteiger charge is 2.26. The minimum Gasteiger partial charge on any atom is -0.326 e. The number of benzene rings is 1. The zero-order valence-corrected chi connectivity index (χ0v) is 12.1. The van der Waals surface area contributed by atoms with Crippen LogP contribution in [0.25, 0.3) is 0 Å². The number of hydrogen-bond donors (Lipinski definition) is 1. The number of nitrogens with zero attached hydrogens (tertiary/aromatic N) is 1. The molecule has 0 atom stereocenters. The maximum atomic E-state index is 12.5. The van der Waals surface area contributed by atoms with Crippen molar-refractivity contribution in [2.75, 3.05) is 6.54 Å². The summed E-state index contributed by atoms with van der Waals surface area (Å²) in [4.78, 5) is 0.326. The van der Waals surface area contributed by atoms with Gasteiger partial charge in [-0.25, -0.2) is 8.42 Å². The third-order valence-electron chi connectivity index (χ3n) is 2.76. The van der Waals surface area contributed by atoms with E-state index in [1.54, 1.807) is 18.2 Å².